The lowest BCUT2D eigenvalue weighted by molar-refractivity contribution is -0.141. The number of carboxylic acids is 1. The van der Waals surface area contributed by atoms with Crippen molar-refractivity contribution in [1.29, 1.82) is 0 Å². The van der Waals surface area contributed by atoms with Crippen molar-refractivity contribution < 1.29 is 24.2 Å². The number of rotatable bonds is 5. The number of fused-ring (bicyclic) bond motifs is 1. The molecule has 0 aromatic heterocycles. The molecule has 0 bridgehead atoms. The maximum absolute atomic E-state index is 12.3. The fourth-order valence-corrected chi connectivity index (χ4v) is 2.98. The second kappa shape index (κ2) is 7.82. The van der Waals surface area contributed by atoms with E-state index in [1.807, 2.05) is 30.3 Å². The number of carbonyl (C=O) groups excluding carboxylic acids is 2. The molecule has 0 spiro atoms. The van der Waals surface area contributed by atoms with Crippen LogP contribution in [0.4, 0.5) is 0 Å². The van der Waals surface area contributed by atoms with Crippen LogP contribution in [-0.2, 0) is 33.9 Å². The molecule has 0 saturated heterocycles. The van der Waals surface area contributed by atoms with Gasteiger partial charge in [-0.05, 0) is 35.2 Å². The molecule has 6 heteroatoms. The van der Waals surface area contributed by atoms with Crippen LogP contribution in [0.25, 0.3) is 0 Å². The average Bonchev–Trinajstić information content (AvgIpc) is 2.79. The molecule has 2 aromatic rings. The first-order chi connectivity index (χ1) is 12.5. The number of carbonyl (C=O) groups is 3. The van der Waals surface area contributed by atoms with Crippen LogP contribution in [0.2, 0.25) is 0 Å². The monoisotopic (exact) mass is 353 g/mol. The van der Waals surface area contributed by atoms with Crippen LogP contribution in [0, 0.1) is 5.92 Å². The summed E-state index contributed by atoms with van der Waals surface area (Å²) in [4.78, 5) is 35.3. The highest BCUT2D eigenvalue weighted by molar-refractivity contribution is 5.90. The fourth-order valence-electron chi connectivity index (χ4n) is 2.98. The van der Waals surface area contributed by atoms with E-state index in [0.717, 1.165) is 16.7 Å². The van der Waals surface area contributed by atoms with Crippen LogP contribution in [-0.4, -0.2) is 23.0 Å². The molecule has 0 radical (unpaired) electrons. The number of ether oxygens (including phenoxy) is 1. The van der Waals surface area contributed by atoms with E-state index in [9.17, 15) is 14.4 Å². The number of hydrogen-bond donors (Lipinski definition) is 2. The number of aliphatic carboxylic acids is 1. The van der Waals surface area contributed by atoms with Crippen molar-refractivity contribution in [2.24, 2.45) is 5.92 Å². The lowest BCUT2D eigenvalue weighted by atomic mass is 9.93. The third kappa shape index (κ3) is 4.27. The Morgan fingerprint density at radius 1 is 1.12 bits per heavy atom. The second-order valence-corrected chi connectivity index (χ2v) is 6.26. The van der Waals surface area contributed by atoms with Gasteiger partial charge in [-0.2, -0.15) is 0 Å². The summed E-state index contributed by atoms with van der Waals surface area (Å²) in [6.07, 6.45) is 0.0429. The standard InChI is InChI=1S/C20H19NO5/c22-18(23)10-17-9-16-8-14(6-7-15(16)11-21-19(17)24)20(25)26-12-13-4-2-1-3-5-13/h1-8,17H,9-12H2,(H,21,24)(H,22,23)/t17-/m1/s1. The van der Waals surface area contributed by atoms with Crippen LogP contribution < -0.4 is 5.32 Å². The molecule has 1 aliphatic heterocycles. The molecular formula is C20H19NO5. The summed E-state index contributed by atoms with van der Waals surface area (Å²) in [7, 11) is 0. The zero-order valence-electron chi connectivity index (χ0n) is 14.1. The summed E-state index contributed by atoms with van der Waals surface area (Å²) in [6, 6.07) is 14.5. The van der Waals surface area contributed by atoms with E-state index in [-0.39, 0.29) is 25.4 Å². The van der Waals surface area contributed by atoms with E-state index >= 15 is 0 Å². The van der Waals surface area contributed by atoms with Crippen molar-refractivity contribution in [3.63, 3.8) is 0 Å². The minimum atomic E-state index is -1.02. The largest absolute Gasteiger partial charge is 0.481 e. The third-order valence-electron chi connectivity index (χ3n) is 4.37. The summed E-state index contributed by atoms with van der Waals surface area (Å²) < 4.78 is 5.33. The van der Waals surface area contributed by atoms with Gasteiger partial charge in [-0.15, -0.1) is 0 Å². The van der Waals surface area contributed by atoms with Gasteiger partial charge >= 0.3 is 11.9 Å². The zero-order valence-corrected chi connectivity index (χ0v) is 14.1. The molecule has 2 N–H and O–H groups in total. The van der Waals surface area contributed by atoms with Gasteiger partial charge in [0.05, 0.1) is 17.9 Å². The summed E-state index contributed by atoms with van der Waals surface area (Å²) in [5.74, 6) is -2.40. The minimum absolute atomic E-state index is 0.179. The van der Waals surface area contributed by atoms with Crippen molar-refractivity contribution >= 4 is 17.8 Å². The number of amides is 1. The van der Waals surface area contributed by atoms with E-state index in [1.54, 1.807) is 18.2 Å². The molecular weight excluding hydrogens is 334 g/mol. The van der Waals surface area contributed by atoms with Crippen molar-refractivity contribution in [3.05, 3.63) is 70.8 Å². The van der Waals surface area contributed by atoms with E-state index in [1.165, 1.54) is 0 Å². The average molecular weight is 353 g/mol. The van der Waals surface area contributed by atoms with Gasteiger partial charge in [-0.1, -0.05) is 36.4 Å². The van der Waals surface area contributed by atoms with Gasteiger partial charge in [0.25, 0.3) is 0 Å². The first-order valence-corrected chi connectivity index (χ1v) is 8.35. The molecule has 2 aromatic carbocycles. The first kappa shape index (κ1) is 17.7. The van der Waals surface area contributed by atoms with Gasteiger partial charge in [0.2, 0.25) is 5.91 Å². The summed E-state index contributed by atoms with van der Waals surface area (Å²) in [6.45, 7) is 0.502. The molecule has 26 heavy (non-hydrogen) atoms. The number of nitrogens with one attached hydrogen (secondary N) is 1. The molecule has 134 valence electrons. The number of benzene rings is 2. The zero-order chi connectivity index (χ0) is 18.5. The highest BCUT2D eigenvalue weighted by Crippen LogP contribution is 2.22. The first-order valence-electron chi connectivity index (χ1n) is 8.35. The lowest BCUT2D eigenvalue weighted by Gasteiger charge is -2.11. The van der Waals surface area contributed by atoms with Gasteiger partial charge in [-0.25, -0.2) is 4.79 Å². The van der Waals surface area contributed by atoms with Crippen LogP contribution in [0.15, 0.2) is 48.5 Å². The van der Waals surface area contributed by atoms with E-state index in [4.69, 9.17) is 9.84 Å². The molecule has 3 rings (SSSR count). The highest BCUT2D eigenvalue weighted by Gasteiger charge is 2.26. The normalized spacial score (nSPS) is 16.2. The van der Waals surface area contributed by atoms with Gasteiger partial charge in [0, 0.05) is 6.54 Å². The van der Waals surface area contributed by atoms with E-state index < -0.39 is 17.9 Å². The summed E-state index contributed by atoms with van der Waals surface area (Å²) >= 11 is 0. The molecule has 0 aliphatic carbocycles. The SMILES string of the molecule is O=C(O)C[C@H]1Cc2cc(C(=O)OCc3ccccc3)ccc2CNC1=O. The Morgan fingerprint density at radius 3 is 2.62 bits per heavy atom. The van der Waals surface area contributed by atoms with E-state index in [2.05, 4.69) is 5.32 Å². The molecule has 0 unspecified atom stereocenters. The van der Waals surface area contributed by atoms with Crippen molar-refractivity contribution in [1.82, 2.24) is 5.32 Å². The maximum Gasteiger partial charge on any atom is 0.338 e. The molecule has 6 nitrogen and oxygen atoms in total. The van der Waals surface area contributed by atoms with E-state index in [0.29, 0.717) is 12.1 Å². The predicted molar refractivity (Wildman–Crippen MR) is 93.3 cm³/mol. The quantitative estimate of drug-likeness (QED) is 0.805. The van der Waals surface area contributed by atoms with Crippen LogP contribution in [0.1, 0.15) is 33.5 Å². The van der Waals surface area contributed by atoms with Crippen LogP contribution >= 0.6 is 0 Å². The summed E-state index contributed by atoms with van der Waals surface area (Å²) in [5, 5.41) is 11.7. The molecule has 0 fully saturated rings. The maximum atomic E-state index is 12.3. The Kier molecular flexibility index (Phi) is 5.31. The Balaban J connectivity index is 1.74. The smallest absolute Gasteiger partial charge is 0.338 e. The highest BCUT2D eigenvalue weighted by atomic mass is 16.5. The number of carboxylic acid groups (broad SMARTS) is 1. The minimum Gasteiger partial charge on any atom is -0.481 e. The van der Waals surface area contributed by atoms with Crippen LogP contribution in [0.3, 0.4) is 0 Å². The van der Waals surface area contributed by atoms with Gasteiger partial charge < -0.3 is 15.2 Å². The number of esters is 1. The topological polar surface area (TPSA) is 92.7 Å². The third-order valence-corrected chi connectivity index (χ3v) is 4.37. The Hall–Kier alpha value is -3.15. The van der Waals surface area contributed by atoms with Gasteiger partial charge in [-0.3, -0.25) is 9.59 Å². The fraction of sp³-hybridized carbons (Fsp3) is 0.250. The second-order valence-electron chi connectivity index (χ2n) is 6.26. The van der Waals surface area contributed by atoms with Crippen molar-refractivity contribution in [3.8, 4) is 0 Å². The Morgan fingerprint density at radius 2 is 1.88 bits per heavy atom. The molecule has 1 atom stereocenters. The Bertz CT molecular complexity index is 831. The van der Waals surface area contributed by atoms with Crippen molar-refractivity contribution in [2.45, 2.75) is 26.0 Å². The van der Waals surface area contributed by atoms with Crippen LogP contribution in [0.5, 0.6) is 0 Å². The summed E-state index contributed by atoms with van der Waals surface area (Å²) in [5.41, 5.74) is 2.96. The number of hydrogen-bond acceptors (Lipinski definition) is 4. The molecule has 1 heterocycles. The predicted octanol–water partition coefficient (Wildman–Crippen LogP) is 2.31. The molecule has 1 amide bonds. The van der Waals surface area contributed by atoms with Gasteiger partial charge in [0.15, 0.2) is 0 Å². The lowest BCUT2D eigenvalue weighted by Crippen LogP contribution is -2.30. The Labute approximate surface area is 150 Å². The van der Waals surface area contributed by atoms with Gasteiger partial charge in [0.1, 0.15) is 6.61 Å². The molecule has 1 aliphatic rings. The van der Waals surface area contributed by atoms with Crippen molar-refractivity contribution in [2.75, 3.05) is 0 Å². The molecule has 0 saturated carbocycles.